The Bertz CT molecular complexity index is 302. The predicted octanol–water partition coefficient (Wildman–Crippen LogP) is 4.80. The van der Waals surface area contributed by atoms with Gasteiger partial charge in [-0.2, -0.15) is 0 Å². The highest BCUT2D eigenvalue weighted by Gasteiger charge is 2.13. The smallest absolute Gasteiger partial charge is 0.0435 e. The van der Waals surface area contributed by atoms with Crippen LogP contribution in [-0.2, 0) is 0 Å². The molecule has 0 amide bonds. The van der Waals surface area contributed by atoms with Crippen LogP contribution in [0.25, 0.3) is 0 Å². The second kappa shape index (κ2) is 4.84. The largest absolute Gasteiger partial charge is 0.0841 e. The molecule has 0 bridgehead atoms. The standard InChI is InChI=1S/C13H19Cl/c1-5-12(9(2)3)11-6-7-13(14)10(4)8-11/h6-9,12H,5H2,1-4H3/t12-/m0/s1. The van der Waals surface area contributed by atoms with Crippen LogP contribution in [0.5, 0.6) is 0 Å². The number of hydrogen-bond acceptors (Lipinski definition) is 0. The highest BCUT2D eigenvalue weighted by atomic mass is 35.5. The lowest BCUT2D eigenvalue weighted by molar-refractivity contribution is 0.485. The molecule has 1 rings (SSSR count). The van der Waals surface area contributed by atoms with Crippen LogP contribution < -0.4 is 0 Å². The van der Waals surface area contributed by atoms with Crippen LogP contribution in [0.15, 0.2) is 18.2 Å². The molecule has 0 nitrogen and oxygen atoms in total. The summed E-state index contributed by atoms with van der Waals surface area (Å²) < 4.78 is 0. The Labute approximate surface area is 92.3 Å². The third-order valence-corrected chi connectivity index (χ3v) is 3.28. The summed E-state index contributed by atoms with van der Waals surface area (Å²) >= 11 is 6.01. The molecular weight excluding hydrogens is 192 g/mol. The van der Waals surface area contributed by atoms with Crippen LogP contribution in [0.4, 0.5) is 0 Å². The highest BCUT2D eigenvalue weighted by Crippen LogP contribution is 2.29. The van der Waals surface area contributed by atoms with Gasteiger partial charge in [-0.15, -0.1) is 0 Å². The van der Waals surface area contributed by atoms with Gasteiger partial charge in [0.25, 0.3) is 0 Å². The van der Waals surface area contributed by atoms with E-state index in [4.69, 9.17) is 11.6 Å². The second-order valence-corrected chi connectivity index (χ2v) is 4.67. The number of aryl methyl sites for hydroxylation is 1. The van der Waals surface area contributed by atoms with Crippen LogP contribution >= 0.6 is 11.6 Å². The van der Waals surface area contributed by atoms with Gasteiger partial charge in [0.1, 0.15) is 0 Å². The molecule has 1 aromatic carbocycles. The molecule has 0 unspecified atom stereocenters. The predicted molar refractivity (Wildman–Crippen MR) is 64.1 cm³/mol. The maximum Gasteiger partial charge on any atom is 0.0435 e. The first kappa shape index (κ1) is 11.6. The zero-order valence-electron chi connectivity index (χ0n) is 9.47. The van der Waals surface area contributed by atoms with Crippen molar-refractivity contribution < 1.29 is 0 Å². The zero-order chi connectivity index (χ0) is 10.7. The van der Waals surface area contributed by atoms with Gasteiger partial charge in [-0.25, -0.2) is 0 Å². The molecule has 1 aromatic rings. The van der Waals surface area contributed by atoms with Crippen LogP contribution in [0, 0.1) is 12.8 Å². The van der Waals surface area contributed by atoms with Crippen molar-refractivity contribution in [3.8, 4) is 0 Å². The van der Waals surface area contributed by atoms with Crippen molar-refractivity contribution in [2.45, 2.75) is 40.0 Å². The molecule has 0 fully saturated rings. The van der Waals surface area contributed by atoms with Crippen molar-refractivity contribution in [2.75, 3.05) is 0 Å². The van der Waals surface area contributed by atoms with E-state index >= 15 is 0 Å². The van der Waals surface area contributed by atoms with Crippen LogP contribution in [-0.4, -0.2) is 0 Å². The van der Waals surface area contributed by atoms with Crippen molar-refractivity contribution in [3.63, 3.8) is 0 Å². The molecule has 78 valence electrons. The minimum Gasteiger partial charge on any atom is -0.0841 e. The lowest BCUT2D eigenvalue weighted by Crippen LogP contribution is -2.05. The fraction of sp³-hybridized carbons (Fsp3) is 0.538. The molecule has 1 heteroatoms. The molecule has 0 heterocycles. The Morgan fingerprint density at radius 2 is 1.93 bits per heavy atom. The molecule has 1 atom stereocenters. The van der Waals surface area contributed by atoms with Crippen LogP contribution in [0.3, 0.4) is 0 Å². The van der Waals surface area contributed by atoms with E-state index in [0.717, 1.165) is 5.02 Å². The minimum absolute atomic E-state index is 0.658. The fourth-order valence-electron chi connectivity index (χ4n) is 1.99. The van der Waals surface area contributed by atoms with E-state index in [1.807, 2.05) is 6.07 Å². The van der Waals surface area contributed by atoms with Crippen molar-refractivity contribution in [1.82, 2.24) is 0 Å². The Kier molecular flexibility index (Phi) is 4.00. The molecular formula is C13H19Cl. The lowest BCUT2D eigenvalue weighted by Gasteiger charge is -2.20. The first-order chi connectivity index (χ1) is 6.56. The van der Waals surface area contributed by atoms with Crippen LogP contribution in [0.1, 0.15) is 44.2 Å². The third kappa shape index (κ3) is 2.51. The molecule has 0 aliphatic rings. The summed E-state index contributed by atoms with van der Waals surface area (Å²) in [4.78, 5) is 0. The molecule has 0 spiro atoms. The molecule has 0 radical (unpaired) electrons. The SMILES string of the molecule is CC[C@H](c1ccc(Cl)c(C)c1)C(C)C. The second-order valence-electron chi connectivity index (χ2n) is 4.27. The third-order valence-electron chi connectivity index (χ3n) is 2.85. The number of halogens is 1. The summed E-state index contributed by atoms with van der Waals surface area (Å²) in [7, 11) is 0. The summed E-state index contributed by atoms with van der Waals surface area (Å²) in [6.07, 6.45) is 1.19. The summed E-state index contributed by atoms with van der Waals surface area (Å²) in [5, 5.41) is 0.868. The quantitative estimate of drug-likeness (QED) is 0.673. The summed E-state index contributed by atoms with van der Waals surface area (Å²) in [6, 6.07) is 6.39. The van der Waals surface area contributed by atoms with E-state index in [9.17, 15) is 0 Å². The van der Waals surface area contributed by atoms with Crippen molar-refractivity contribution in [3.05, 3.63) is 34.3 Å². The fourth-order valence-corrected chi connectivity index (χ4v) is 2.11. The molecule has 0 aromatic heterocycles. The van der Waals surface area contributed by atoms with Gasteiger partial charge in [-0.1, -0.05) is 44.5 Å². The van der Waals surface area contributed by atoms with Crippen molar-refractivity contribution in [2.24, 2.45) is 5.92 Å². The van der Waals surface area contributed by atoms with Gasteiger partial charge < -0.3 is 0 Å². The number of benzene rings is 1. The first-order valence-electron chi connectivity index (χ1n) is 5.32. The first-order valence-corrected chi connectivity index (χ1v) is 5.70. The Morgan fingerprint density at radius 1 is 1.29 bits per heavy atom. The summed E-state index contributed by atoms with van der Waals surface area (Å²) in [5.74, 6) is 1.35. The monoisotopic (exact) mass is 210 g/mol. The van der Waals surface area contributed by atoms with Crippen molar-refractivity contribution >= 4 is 11.6 Å². The van der Waals surface area contributed by atoms with E-state index in [1.54, 1.807) is 0 Å². The average Bonchev–Trinajstić information content (AvgIpc) is 2.11. The Hall–Kier alpha value is -0.490. The maximum atomic E-state index is 6.01. The van der Waals surface area contributed by atoms with Gasteiger partial charge in [0, 0.05) is 5.02 Å². The molecule has 0 saturated carbocycles. The topological polar surface area (TPSA) is 0 Å². The average molecular weight is 211 g/mol. The van der Waals surface area contributed by atoms with E-state index in [-0.39, 0.29) is 0 Å². The Balaban J connectivity index is 3.00. The molecule has 0 N–H and O–H groups in total. The van der Waals surface area contributed by atoms with Crippen LogP contribution in [0.2, 0.25) is 5.02 Å². The van der Waals surface area contributed by atoms with Gasteiger partial charge in [0.15, 0.2) is 0 Å². The summed E-state index contributed by atoms with van der Waals surface area (Å²) in [6.45, 7) is 8.86. The molecule has 0 aliphatic carbocycles. The zero-order valence-corrected chi connectivity index (χ0v) is 10.2. The van der Waals surface area contributed by atoms with Crippen molar-refractivity contribution in [1.29, 1.82) is 0 Å². The van der Waals surface area contributed by atoms with Gasteiger partial charge in [0.05, 0.1) is 0 Å². The summed E-state index contributed by atoms with van der Waals surface area (Å²) in [5.41, 5.74) is 2.60. The molecule has 14 heavy (non-hydrogen) atoms. The minimum atomic E-state index is 0.658. The van der Waals surface area contributed by atoms with Gasteiger partial charge in [0.2, 0.25) is 0 Å². The van der Waals surface area contributed by atoms with Gasteiger partial charge in [-0.05, 0) is 42.4 Å². The Morgan fingerprint density at radius 3 is 2.36 bits per heavy atom. The van der Waals surface area contributed by atoms with E-state index in [1.165, 1.54) is 17.5 Å². The lowest BCUT2D eigenvalue weighted by atomic mass is 9.86. The highest BCUT2D eigenvalue weighted by molar-refractivity contribution is 6.31. The van der Waals surface area contributed by atoms with E-state index in [0.29, 0.717) is 11.8 Å². The maximum absolute atomic E-state index is 6.01. The normalized spacial score (nSPS) is 13.3. The number of hydrogen-bond donors (Lipinski definition) is 0. The van der Waals surface area contributed by atoms with E-state index < -0.39 is 0 Å². The molecule has 0 saturated heterocycles. The van der Waals surface area contributed by atoms with Gasteiger partial charge >= 0.3 is 0 Å². The molecule has 0 aliphatic heterocycles. The number of rotatable bonds is 3. The van der Waals surface area contributed by atoms with Gasteiger partial charge in [-0.3, -0.25) is 0 Å². The van der Waals surface area contributed by atoms with E-state index in [2.05, 4.69) is 39.8 Å².